The van der Waals surface area contributed by atoms with Crippen molar-refractivity contribution in [1.82, 2.24) is 10.2 Å². The van der Waals surface area contributed by atoms with Crippen LogP contribution in [0.5, 0.6) is 0 Å². The molecule has 0 aliphatic heterocycles. The molecule has 0 spiro atoms. The second kappa shape index (κ2) is 5.19. The maximum atomic E-state index is 11.5. The van der Waals surface area contributed by atoms with E-state index in [-0.39, 0.29) is 5.91 Å². The highest BCUT2D eigenvalue weighted by Gasteiger charge is 2.31. The Morgan fingerprint density at radius 2 is 2.31 bits per heavy atom. The smallest absolute Gasteiger partial charge is 0.236 e. The second-order valence-electron chi connectivity index (χ2n) is 3.34. The molecule has 0 radical (unpaired) electrons. The minimum atomic E-state index is 0.182. The Balaban J connectivity index is 2.32. The molecule has 1 amide bonds. The lowest BCUT2D eigenvalue weighted by Crippen LogP contribution is -2.40. The van der Waals surface area contributed by atoms with E-state index in [0.717, 1.165) is 19.4 Å². The number of carbonyl (C=O) groups excluding carboxylic acids is 1. The molecule has 1 N–H and O–H groups in total. The molecule has 76 valence electrons. The summed E-state index contributed by atoms with van der Waals surface area (Å²) in [4.78, 5) is 13.5. The Hall–Kier alpha value is -0.610. The third-order valence-electron chi connectivity index (χ3n) is 2.17. The van der Waals surface area contributed by atoms with E-state index in [4.69, 9.17) is 4.74 Å². The fourth-order valence-electron chi connectivity index (χ4n) is 1.34. The molecule has 0 saturated heterocycles. The van der Waals surface area contributed by atoms with Gasteiger partial charge in [-0.05, 0) is 19.9 Å². The molecule has 0 aromatic heterocycles. The summed E-state index contributed by atoms with van der Waals surface area (Å²) in [6.07, 6.45) is 2.30. The fourth-order valence-corrected chi connectivity index (χ4v) is 1.34. The zero-order chi connectivity index (χ0) is 9.68. The highest BCUT2D eigenvalue weighted by molar-refractivity contribution is 5.78. The zero-order valence-electron chi connectivity index (χ0n) is 8.38. The Morgan fingerprint density at radius 3 is 2.77 bits per heavy atom. The van der Waals surface area contributed by atoms with Crippen LogP contribution in [0, 0.1) is 0 Å². The molecule has 4 nitrogen and oxygen atoms in total. The Bertz CT molecular complexity index is 169. The molecule has 1 saturated carbocycles. The third-order valence-corrected chi connectivity index (χ3v) is 2.17. The summed E-state index contributed by atoms with van der Waals surface area (Å²) in [6, 6.07) is 0.482. The predicted octanol–water partition coefficient (Wildman–Crippen LogP) is -0.157. The Kier molecular flexibility index (Phi) is 4.18. The van der Waals surface area contributed by atoms with Crippen molar-refractivity contribution in [3.63, 3.8) is 0 Å². The maximum Gasteiger partial charge on any atom is 0.236 e. The lowest BCUT2D eigenvalue weighted by atomic mass is 10.4. The number of carbonyl (C=O) groups is 1. The average Bonchev–Trinajstić information content (AvgIpc) is 2.89. The minimum Gasteiger partial charge on any atom is -0.383 e. The van der Waals surface area contributed by atoms with Gasteiger partial charge in [0.25, 0.3) is 0 Å². The first-order valence-corrected chi connectivity index (χ1v) is 4.72. The highest BCUT2D eigenvalue weighted by atomic mass is 16.5. The van der Waals surface area contributed by atoms with Crippen molar-refractivity contribution in [1.29, 1.82) is 0 Å². The molecule has 0 atom stereocenters. The van der Waals surface area contributed by atoms with Crippen molar-refractivity contribution in [3.8, 4) is 0 Å². The van der Waals surface area contributed by atoms with Crippen LogP contribution in [0.4, 0.5) is 0 Å². The zero-order valence-corrected chi connectivity index (χ0v) is 8.38. The fraction of sp³-hybridized carbons (Fsp3) is 0.889. The first-order valence-electron chi connectivity index (χ1n) is 4.72. The van der Waals surface area contributed by atoms with Crippen molar-refractivity contribution < 1.29 is 9.53 Å². The number of methoxy groups -OCH3 is 1. The van der Waals surface area contributed by atoms with Gasteiger partial charge >= 0.3 is 0 Å². The summed E-state index contributed by atoms with van der Waals surface area (Å²) >= 11 is 0. The third kappa shape index (κ3) is 3.32. The summed E-state index contributed by atoms with van der Waals surface area (Å²) in [7, 11) is 3.45. The lowest BCUT2D eigenvalue weighted by Gasteiger charge is -2.21. The number of hydrogen-bond acceptors (Lipinski definition) is 3. The van der Waals surface area contributed by atoms with E-state index < -0.39 is 0 Å². The van der Waals surface area contributed by atoms with Gasteiger partial charge in [0.05, 0.1) is 13.2 Å². The SMILES string of the molecule is CNCC(=O)N(CCOC)C1CC1. The van der Waals surface area contributed by atoms with E-state index in [0.29, 0.717) is 19.2 Å². The van der Waals surface area contributed by atoms with Gasteiger partial charge in [0.2, 0.25) is 5.91 Å². The van der Waals surface area contributed by atoms with Crippen molar-refractivity contribution in [2.24, 2.45) is 0 Å². The molecule has 0 bridgehead atoms. The van der Waals surface area contributed by atoms with Gasteiger partial charge in [-0.25, -0.2) is 0 Å². The van der Waals surface area contributed by atoms with Crippen molar-refractivity contribution in [2.75, 3.05) is 33.9 Å². The number of rotatable bonds is 6. The number of ether oxygens (including phenoxy) is 1. The molecular weight excluding hydrogens is 168 g/mol. The van der Waals surface area contributed by atoms with Gasteiger partial charge in [-0.3, -0.25) is 4.79 Å². The van der Waals surface area contributed by atoms with Crippen LogP contribution in [-0.4, -0.2) is 50.7 Å². The summed E-state index contributed by atoms with van der Waals surface area (Å²) in [5, 5.41) is 2.87. The van der Waals surface area contributed by atoms with Gasteiger partial charge in [0.15, 0.2) is 0 Å². The standard InChI is InChI=1S/C9H18N2O2/c1-10-7-9(12)11(5-6-13-2)8-3-4-8/h8,10H,3-7H2,1-2H3. The summed E-state index contributed by atoms with van der Waals surface area (Å²) in [6.45, 7) is 1.79. The molecular formula is C9H18N2O2. The number of hydrogen-bond donors (Lipinski definition) is 1. The summed E-state index contributed by atoms with van der Waals surface area (Å²) in [5.41, 5.74) is 0. The van der Waals surface area contributed by atoms with Crippen molar-refractivity contribution in [2.45, 2.75) is 18.9 Å². The van der Waals surface area contributed by atoms with Gasteiger partial charge in [-0.2, -0.15) is 0 Å². The normalized spacial score (nSPS) is 15.8. The Labute approximate surface area is 79.2 Å². The van der Waals surface area contributed by atoms with E-state index in [9.17, 15) is 4.79 Å². The van der Waals surface area contributed by atoms with Gasteiger partial charge < -0.3 is 15.0 Å². The van der Waals surface area contributed by atoms with Gasteiger partial charge in [-0.1, -0.05) is 0 Å². The largest absolute Gasteiger partial charge is 0.383 e. The average molecular weight is 186 g/mol. The lowest BCUT2D eigenvalue weighted by molar-refractivity contribution is -0.131. The first-order chi connectivity index (χ1) is 6.29. The molecule has 0 heterocycles. The molecule has 1 rings (SSSR count). The molecule has 1 aliphatic carbocycles. The van der Waals surface area contributed by atoms with Crippen LogP contribution >= 0.6 is 0 Å². The van der Waals surface area contributed by atoms with Crippen LogP contribution in [0.25, 0.3) is 0 Å². The van der Waals surface area contributed by atoms with E-state index in [1.54, 1.807) is 14.2 Å². The molecule has 1 fully saturated rings. The number of nitrogens with zero attached hydrogens (tertiary/aromatic N) is 1. The quantitative estimate of drug-likeness (QED) is 0.627. The number of amides is 1. The van der Waals surface area contributed by atoms with Crippen LogP contribution in [-0.2, 0) is 9.53 Å². The molecule has 0 unspecified atom stereocenters. The van der Waals surface area contributed by atoms with Crippen LogP contribution in [0.2, 0.25) is 0 Å². The maximum absolute atomic E-state index is 11.5. The molecule has 1 aliphatic rings. The van der Waals surface area contributed by atoms with Crippen LogP contribution in [0.1, 0.15) is 12.8 Å². The number of nitrogens with one attached hydrogen (secondary N) is 1. The van der Waals surface area contributed by atoms with E-state index in [2.05, 4.69) is 5.32 Å². The van der Waals surface area contributed by atoms with Gasteiger partial charge in [-0.15, -0.1) is 0 Å². The predicted molar refractivity (Wildman–Crippen MR) is 50.5 cm³/mol. The molecule has 4 heteroatoms. The second-order valence-corrected chi connectivity index (χ2v) is 3.34. The van der Waals surface area contributed by atoms with Crippen LogP contribution in [0.3, 0.4) is 0 Å². The first kappa shape index (κ1) is 10.5. The van der Waals surface area contributed by atoms with Gasteiger partial charge in [0, 0.05) is 19.7 Å². The minimum absolute atomic E-state index is 0.182. The monoisotopic (exact) mass is 186 g/mol. The van der Waals surface area contributed by atoms with E-state index in [1.807, 2.05) is 4.90 Å². The summed E-state index contributed by atoms with van der Waals surface area (Å²) in [5.74, 6) is 0.182. The topological polar surface area (TPSA) is 41.6 Å². The van der Waals surface area contributed by atoms with Crippen molar-refractivity contribution in [3.05, 3.63) is 0 Å². The van der Waals surface area contributed by atoms with Crippen molar-refractivity contribution >= 4 is 5.91 Å². The summed E-state index contributed by atoms with van der Waals surface area (Å²) < 4.78 is 4.96. The van der Waals surface area contributed by atoms with Crippen LogP contribution in [0.15, 0.2) is 0 Å². The Morgan fingerprint density at radius 1 is 1.62 bits per heavy atom. The van der Waals surface area contributed by atoms with Crippen LogP contribution < -0.4 is 5.32 Å². The highest BCUT2D eigenvalue weighted by Crippen LogP contribution is 2.26. The van der Waals surface area contributed by atoms with Gasteiger partial charge in [0.1, 0.15) is 0 Å². The molecule has 0 aromatic rings. The molecule has 13 heavy (non-hydrogen) atoms. The van der Waals surface area contributed by atoms with E-state index >= 15 is 0 Å². The number of likely N-dealkylation sites (N-methyl/N-ethyl adjacent to an activating group) is 1. The van der Waals surface area contributed by atoms with E-state index in [1.165, 1.54) is 0 Å². The molecule has 0 aromatic carbocycles.